The van der Waals surface area contributed by atoms with Crippen molar-refractivity contribution >= 4 is 33.8 Å². The number of hydrogen-bond acceptors (Lipinski definition) is 5. The number of esters is 2. The molecule has 0 aliphatic heterocycles. The molecule has 1 aromatic carbocycles. The lowest BCUT2D eigenvalue weighted by Gasteiger charge is -2.21. The van der Waals surface area contributed by atoms with E-state index in [0.29, 0.717) is 13.0 Å². The fourth-order valence-corrected chi connectivity index (χ4v) is 3.50. The maximum atomic E-state index is 12.5. The van der Waals surface area contributed by atoms with Gasteiger partial charge in [-0.2, -0.15) is 0 Å². The van der Waals surface area contributed by atoms with Gasteiger partial charge in [-0.3, -0.25) is 14.4 Å². The minimum Gasteiger partial charge on any atom is -0.466 e. The Hall–Kier alpha value is -1.89. The zero-order valence-corrected chi connectivity index (χ0v) is 18.4. The van der Waals surface area contributed by atoms with Crippen LogP contribution in [-0.2, 0) is 23.9 Å². The van der Waals surface area contributed by atoms with Crippen molar-refractivity contribution in [3.8, 4) is 0 Å². The molecule has 1 unspecified atom stereocenters. The molecular formula is C21H28BrNO5. The smallest absolute Gasteiger partial charge is 0.308 e. The Morgan fingerprint density at radius 3 is 2.36 bits per heavy atom. The third-order valence-corrected chi connectivity index (χ3v) is 5.01. The first-order valence-electron chi connectivity index (χ1n) is 9.48. The summed E-state index contributed by atoms with van der Waals surface area (Å²) in [6.07, 6.45) is 0.791. The lowest BCUT2D eigenvalue weighted by Crippen LogP contribution is -2.40. The molecule has 154 valence electrons. The molecule has 1 amide bonds. The highest BCUT2D eigenvalue weighted by molar-refractivity contribution is 9.10. The minimum absolute atomic E-state index is 0.00153. The number of carbonyl (C=O) groups is 3. The van der Waals surface area contributed by atoms with Gasteiger partial charge < -0.3 is 14.8 Å². The predicted molar refractivity (Wildman–Crippen MR) is 109 cm³/mol. The van der Waals surface area contributed by atoms with E-state index in [0.717, 1.165) is 10.0 Å². The molecule has 0 bridgehead atoms. The van der Waals surface area contributed by atoms with E-state index in [1.54, 1.807) is 27.7 Å². The second-order valence-electron chi connectivity index (χ2n) is 8.08. The summed E-state index contributed by atoms with van der Waals surface area (Å²) in [5.41, 5.74) is -0.188. The molecule has 28 heavy (non-hydrogen) atoms. The van der Waals surface area contributed by atoms with Gasteiger partial charge in [0.25, 0.3) is 0 Å². The number of amides is 1. The summed E-state index contributed by atoms with van der Waals surface area (Å²) >= 11 is 3.41. The van der Waals surface area contributed by atoms with Crippen molar-refractivity contribution in [2.75, 3.05) is 6.61 Å². The fraction of sp³-hybridized carbons (Fsp3) is 0.571. The van der Waals surface area contributed by atoms with E-state index in [2.05, 4.69) is 21.2 Å². The van der Waals surface area contributed by atoms with Crippen LogP contribution in [-0.4, -0.2) is 35.6 Å². The molecule has 1 fully saturated rings. The Morgan fingerprint density at radius 1 is 1.14 bits per heavy atom. The molecule has 0 heterocycles. The van der Waals surface area contributed by atoms with Crippen molar-refractivity contribution in [2.24, 2.45) is 0 Å². The number of carbonyl (C=O) groups excluding carboxylic acids is 3. The quantitative estimate of drug-likeness (QED) is 0.604. The lowest BCUT2D eigenvalue weighted by atomic mass is 10.0. The van der Waals surface area contributed by atoms with Crippen LogP contribution in [0.3, 0.4) is 0 Å². The maximum absolute atomic E-state index is 12.5. The van der Waals surface area contributed by atoms with Crippen molar-refractivity contribution < 1.29 is 23.9 Å². The molecular weight excluding hydrogens is 426 g/mol. The number of ether oxygens (including phenoxy) is 2. The van der Waals surface area contributed by atoms with Crippen LogP contribution in [0, 0.1) is 0 Å². The lowest BCUT2D eigenvalue weighted by molar-refractivity contribution is -0.156. The van der Waals surface area contributed by atoms with Crippen LogP contribution in [0.25, 0.3) is 0 Å². The largest absolute Gasteiger partial charge is 0.466 e. The van der Waals surface area contributed by atoms with E-state index >= 15 is 0 Å². The second kappa shape index (κ2) is 9.07. The molecule has 7 heteroatoms. The molecule has 0 spiro atoms. The number of halogens is 1. The Kier molecular flexibility index (Phi) is 7.26. The van der Waals surface area contributed by atoms with Crippen molar-refractivity contribution in [2.45, 2.75) is 70.4 Å². The molecule has 2 rings (SSSR count). The van der Waals surface area contributed by atoms with E-state index in [9.17, 15) is 14.4 Å². The van der Waals surface area contributed by atoms with Crippen molar-refractivity contribution in [1.82, 2.24) is 5.32 Å². The van der Waals surface area contributed by atoms with Gasteiger partial charge in [-0.05, 0) is 51.8 Å². The zero-order chi connectivity index (χ0) is 20.9. The van der Waals surface area contributed by atoms with E-state index in [1.165, 1.54) is 0 Å². The van der Waals surface area contributed by atoms with Gasteiger partial charge in [0.2, 0.25) is 5.91 Å². The van der Waals surface area contributed by atoms with Crippen LogP contribution in [0.15, 0.2) is 28.7 Å². The van der Waals surface area contributed by atoms with E-state index in [4.69, 9.17) is 9.47 Å². The third-order valence-electron chi connectivity index (χ3n) is 4.48. The first kappa shape index (κ1) is 22.4. The zero-order valence-electron chi connectivity index (χ0n) is 16.8. The monoisotopic (exact) mass is 453 g/mol. The van der Waals surface area contributed by atoms with E-state index in [1.807, 2.05) is 24.3 Å². The van der Waals surface area contributed by atoms with Crippen LogP contribution < -0.4 is 5.32 Å². The van der Waals surface area contributed by atoms with Crippen LogP contribution in [0.5, 0.6) is 0 Å². The van der Waals surface area contributed by atoms with Gasteiger partial charge in [0.05, 0.1) is 25.0 Å². The Bertz CT molecular complexity index is 725. The van der Waals surface area contributed by atoms with Crippen molar-refractivity contribution in [3.05, 3.63) is 34.3 Å². The van der Waals surface area contributed by atoms with Crippen molar-refractivity contribution in [3.63, 3.8) is 0 Å². The summed E-state index contributed by atoms with van der Waals surface area (Å²) < 4.78 is 11.3. The topological polar surface area (TPSA) is 81.7 Å². The molecule has 1 saturated carbocycles. The van der Waals surface area contributed by atoms with Gasteiger partial charge in [0.1, 0.15) is 5.60 Å². The SMILES string of the molecule is CCOC(=O)CC1(NC(=O)CCC(=O)OC(C)(C)C)C[C@H]1c1ccc(Br)cc1. The standard InChI is InChI=1S/C21H28BrNO5/c1-5-27-19(26)13-21(12-16(21)14-6-8-15(22)9-7-14)23-17(24)10-11-18(25)28-20(2,3)4/h6-9,16H,5,10-13H2,1-4H3,(H,23,24)/t16-,21?/m0/s1. The molecule has 1 aromatic rings. The van der Waals surface area contributed by atoms with Crippen LogP contribution in [0.1, 0.15) is 64.9 Å². The Labute approximate surface area is 174 Å². The summed E-state index contributed by atoms with van der Waals surface area (Å²) in [6.45, 7) is 7.40. The number of benzene rings is 1. The molecule has 2 atom stereocenters. The van der Waals surface area contributed by atoms with Crippen molar-refractivity contribution in [1.29, 1.82) is 0 Å². The second-order valence-corrected chi connectivity index (χ2v) is 9.00. The minimum atomic E-state index is -0.662. The Morgan fingerprint density at radius 2 is 1.79 bits per heavy atom. The molecule has 1 aliphatic rings. The summed E-state index contributed by atoms with van der Waals surface area (Å²) in [5.74, 6) is -0.984. The summed E-state index contributed by atoms with van der Waals surface area (Å²) in [6, 6.07) is 7.84. The van der Waals surface area contributed by atoms with Crippen LogP contribution in [0.2, 0.25) is 0 Å². The summed E-state index contributed by atoms with van der Waals surface area (Å²) in [7, 11) is 0. The fourth-order valence-electron chi connectivity index (χ4n) is 3.23. The van der Waals surface area contributed by atoms with Crippen LogP contribution in [0.4, 0.5) is 0 Å². The Balaban J connectivity index is 2.01. The maximum Gasteiger partial charge on any atom is 0.308 e. The average molecular weight is 454 g/mol. The van der Waals surface area contributed by atoms with Crippen LogP contribution >= 0.6 is 15.9 Å². The highest BCUT2D eigenvalue weighted by Crippen LogP contribution is 2.54. The number of hydrogen-bond donors (Lipinski definition) is 1. The van der Waals surface area contributed by atoms with Gasteiger partial charge in [-0.15, -0.1) is 0 Å². The average Bonchev–Trinajstić information content (AvgIpc) is 3.25. The highest BCUT2D eigenvalue weighted by Gasteiger charge is 2.57. The molecule has 1 aliphatic carbocycles. The molecule has 0 saturated heterocycles. The first-order valence-corrected chi connectivity index (χ1v) is 10.3. The van der Waals surface area contributed by atoms with Gasteiger partial charge in [0, 0.05) is 16.8 Å². The normalized spacial score (nSPS) is 21.0. The molecule has 1 N–H and O–H groups in total. The number of nitrogens with one attached hydrogen (secondary N) is 1. The van der Waals surface area contributed by atoms with E-state index in [-0.39, 0.29) is 37.1 Å². The van der Waals surface area contributed by atoms with Gasteiger partial charge in [-0.25, -0.2) is 0 Å². The predicted octanol–water partition coefficient (Wildman–Crippen LogP) is 3.87. The molecule has 6 nitrogen and oxygen atoms in total. The molecule has 0 aromatic heterocycles. The van der Waals surface area contributed by atoms with Gasteiger partial charge >= 0.3 is 11.9 Å². The molecule has 0 radical (unpaired) electrons. The summed E-state index contributed by atoms with van der Waals surface area (Å²) in [4.78, 5) is 36.4. The third kappa shape index (κ3) is 6.62. The number of rotatable bonds is 8. The van der Waals surface area contributed by atoms with Gasteiger partial charge in [-0.1, -0.05) is 28.1 Å². The summed E-state index contributed by atoms with van der Waals surface area (Å²) in [5, 5.41) is 2.98. The van der Waals surface area contributed by atoms with E-state index < -0.39 is 17.1 Å². The highest BCUT2D eigenvalue weighted by atomic mass is 79.9. The first-order chi connectivity index (χ1) is 13.0. The van der Waals surface area contributed by atoms with Gasteiger partial charge in [0.15, 0.2) is 0 Å².